The van der Waals surface area contributed by atoms with E-state index < -0.39 is 12.1 Å². The number of amides is 3. The van der Waals surface area contributed by atoms with E-state index in [1.54, 1.807) is 13.2 Å². The summed E-state index contributed by atoms with van der Waals surface area (Å²) < 4.78 is 10.4. The summed E-state index contributed by atoms with van der Waals surface area (Å²) in [6.07, 6.45) is 4.45. The Balaban J connectivity index is 1.49. The van der Waals surface area contributed by atoms with Crippen LogP contribution in [0.4, 0.5) is 22.1 Å². The molecule has 2 aromatic rings. The van der Waals surface area contributed by atoms with E-state index in [-0.39, 0.29) is 24.0 Å². The first-order valence-electron chi connectivity index (χ1n) is 12.1. The van der Waals surface area contributed by atoms with Crippen molar-refractivity contribution < 1.29 is 23.9 Å². The lowest BCUT2D eigenvalue weighted by Crippen LogP contribution is -2.40. The Labute approximate surface area is 214 Å². The first-order chi connectivity index (χ1) is 18.0. The number of carbonyl (C=O) groups excluding carboxylic acids is 3. The Hall–Kier alpha value is -4.08. The number of nitriles is 1. The van der Waals surface area contributed by atoms with E-state index in [0.717, 1.165) is 12.0 Å². The van der Waals surface area contributed by atoms with Crippen molar-refractivity contribution in [3.8, 4) is 6.07 Å². The fraction of sp³-hybridized carbons (Fsp3) is 0.440. The predicted octanol–water partition coefficient (Wildman–Crippen LogP) is 2.00. The number of aromatic nitrogens is 2. The molecule has 1 saturated heterocycles. The highest BCUT2D eigenvalue weighted by molar-refractivity contribution is 6.01. The molecule has 194 valence electrons. The van der Waals surface area contributed by atoms with Crippen molar-refractivity contribution in [3.63, 3.8) is 0 Å². The van der Waals surface area contributed by atoms with E-state index in [0.29, 0.717) is 74.5 Å². The van der Waals surface area contributed by atoms with Gasteiger partial charge in [-0.05, 0) is 37.3 Å². The molecule has 37 heavy (non-hydrogen) atoms. The third kappa shape index (κ3) is 6.19. The zero-order valence-corrected chi connectivity index (χ0v) is 20.6. The Morgan fingerprint density at radius 2 is 2.22 bits per heavy atom. The maximum absolute atomic E-state index is 13.2. The Morgan fingerprint density at radius 1 is 1.35 bits per heavy atom. The van der Waals surface area contributed by atoms with Crippen molar-refractivity contribution in [1.82, 2.24) is 15.3 Å². The smallest absolute Gasteiger partial charge is 0.328 e. The van der Waals surface area contributed by atoms with Crippen molar-refractivity contribution in [2.24, 2.45) is 0 Å². The van der Waals surface area contributed by atoms with E-state index in [1.165, 1.54) is 11.1 Å². The highest BCUT2D eigenvalue weighted by atomic mass is 16.5. The van der Waals surface area contributed by atoms with Gasteiger partial charge in [0.25, 0.3) is 0 Å². The van der Waals surface area contributed by atoms with Gasteiger partial charge in [-0.3, -0.25) is 19.8 Å². The molecule has 4 heterocycles. The molecule has 12 nitrogen and oxygen atoms in total. The van der Waals surface area contributed by atoms with Gasteiger partial charge in [0, 0.05) is 51.2 Å². The second-order valence-corrected chi connectivity index (χ2v) is 8.68. The summed E-state index contributed by atoms with van der Waals surface area (Å²) in [6, 6.07) is 5.01. The molecule has 1 fully saturated rings. The molecule has 4 rings (SSSR count). The molecular weight excluding hydrogens is 478 g/mol. The molecule has 12 heteroatoms. The van der Waals surface area contributed by atoms with Gasteiger partial charge >= 0.3 is 6.03 Å². The summed E-state index contributed by atoms with van der Waals surface area (Å²) in [7, 11) is 1.58. The van der Waals surface area contributed by atoms with Crippen LogP contribution in [0.1, 0.15) is 46.4 Å². The van der Waals surface area contributed by atoms with E-state index in [4.69, 9.17) is 9.47 Å². The summed E-state index contributed by atoms with van der Waals surface area (Å²) in [5.74, 6) is 0.450. The van der Waals surface area contributed by atoms with Crippen LogP contribution in [0.15, 0.2) is 18.3 Å². The first-order valence-corrected chi connectivity index (χ1v) is 12.1. The summed E-state index contributed by atoms with van der Waals surface area (Å²) in [4.78, 5) is 47.4. The fourth-order valence-electron chi connectivity index (χ4n) is 4.30. The SMILES string of the molecule is COCCNc1cc(NC(=O)N2CCCc3cc(CNC(=O)C4CCCO4)c(C=O)nc32)ncc1C#N. The zero-order chi connectivity index (χ0) is 26.2. The van der Waals surface area contributed by atoms with Crippen molar-refractivity contribution in [2.45, 2.75) is 38.3 Å². The van der Waals surface area contributed by atoms with Gasteiger partial charge in [-0.1, -0.05) is 0 Å². The number of hydrogen-bond donors (Lipinski definition) is 3. The summed E-state index contributed by atoms with van der Waals surface area (Å²) in [5, 5.41) is 18.0. The number of anilines is 3. The Morgan fingerprint density at radius 3 is 2.95 bits per heavy atom. The van der Waals surface area contributed by atoms with Crippen molar-refractivity contribution in [3.05, 3.63) is 40.7 Å². The second kappa shape index (κ2) is 12.2. The lowest BCUT2D eigenvalue weighted by Gasteiger charge is -2.29. The number of urea groups is 1. The van der Waals surface area contributed by atoms with Crippen molar-refractivity contribution >= 4 is 35.5 Å². The molecule has 0 saturated carbocycles. The lowest BCUT2D eigenvalue weighted by molar-refractivity contribution is -0.130. The van der Waals surface area contributed by atoms with E-state index >= 15 is 0 Å². The number of fused-ring (bicyclic) bond motifs is 1. The van der Waals surface area contributed by atoms with Gasteiger partial charge in [0.1, 0.15) is 29.5 Å². The summed E-state index contributed by atoms with van der Waals surface area (Å²) >= 11 is 0. The minimum absolute atomic E-state index is 0.146. The maximum atomic E-state index is 13.2. The number of rotatable bonds is 9. The topological polar surface area (TPSA) is 159 Å². The number of pyridine rings is 2. The summed E-state index contributed by atoms with van der Waals surface area (Å²) in [6.45, 7) is 2.06. The van der Waals surface area contributed by atoms with Crippen LogP contribution >= 0.6 is 0 Å². The monoisotopic (exact) mass is 507 g/mol. The molecule has 0 aliphatic carbocycles. The van der Waals surface area contributed by atoms with Crippen LogP contribution < -0.4 is 20.9 Å². The van der Waals surface area contributed by atoms with Crippen LogP contribution in [0.3, 0.4) is 0 Å². The standard InChI is InChI=1S/C25H29N7O5/c1-36-9-6-27-19-11-22(28-14-18(19)12-26)31-25(35)32-7-2-4-16-10-17(20(15-33)30-23(16)32)13-29-24(34)21-5-3-8-37-21/h10-11,14-15,21H,2-9,13H2,1H3,(H,29,34)(H2,27,28,31,35). The molecule has 2 aliphatic rings. The molecule has 1 unspecified atom stereocenters. The highest BCUT2D eigenvalue weighted by Crippen LogP contribution is 2.28. The molecule has 0 spiro atoms. The van der Waals surface area contributed by atoms with Crippen molar-refractivity contribution in [2.75, 3.05) is 48.9 Å². The van der Waals surface area contributed by atoms with Gasteiger partial charge in [-0.2, -0.15) is 5.26 Å². The minimum atomic E-state index is -0.462. The Bertz CT molecular complexity index is 1210. The quantitative estimate of drug-likeness (QED) is 0.341. The number of nitrogens with one attached hydrogen (secondary N) is 3. The van der Waals surface area contributed by atoms with Crippen LogP contribution in [0.25, 0.3) is 0 Å². The number of hydrogen-bond acceptors (Lipinski definition) is 9. The number of methoxy groups -OCH3 is 1. The third-order valence-electron chi connectivity index (χ3n) is 6.19. The van der Waals surface area contributed by atoms with Gasteiger partial charge in [-0.15, -0.1) is 0 Å². The lowest BCUT2D eigenvalue weighted by atomic mass is 10.0. The minimum Gasteiger partial charge on any atom is -0.383 e. The van der Waals surface area contributed by atoms with Crippen LogP contribution in [0.2, 0.25) is 0 Å². The Kier molecular flexibility index (Phi) is 8.60. The number of aldehydes is 1. The van der Waals surface area contributed by atoms with Crippen LogP contribution in [0, 0.1) is 11.3 Å². The van der Waals surface area contributed by atoms with Crippen molar-refractivity contribution in [1.29, 1.82) is 5.26 Å². The average Bonchev–Trinajstić information content (AvgIpc) is 3.46. The van der Waals surface area contributed by atoms with Crippen LogP contribution in [-0.2, 0) is 27.2 Å². The van der Waals surface area contributed by atoms with Gasteiger partial charge in [0.2, 0.25) is 5.91 Å². The fourth-order valence-corrected chi connectivity index (χ4v) is 4.30. The molecule has 0 radical (unpaired) electrons. The second-order valence-electron chi connectivity index (χ2n) is 8.68. The normalized spacial score (nSPS) is 16.4. The van der Waals surface area contributed by atoms with Crippen LogP contribution in [0.5, 0.6) is 0 Å². The number of nitrogens with zero attached hydrogens (tertiary/aromatic N) is 4. The first kappa shape index (κ1) is 26.0. The van der Waals surface area contributed by atoms with Gasteiger partial charge in [0.05, 0.1) is 17.9 Å². The van der Waals surface area contributed by atoms with E-state index in [2.05, 4.69) is 32.0 Å². The van der Waals surface area contributed by atoms with Gasteiger partial charge in [0.15, 0.2) is 6.29 Å². The maximum Gasteiger partial charge on any atom is 0.328 e. The third-order valence-corrected chi connectivity index (χ3v) is 6.19. The largest absolute Gasteiger partial charge is 0.383 e. The molecule has 0 aromatic carbocycles. The summed E-state index contributed by atoms with van der Waals surface area (Å²) in [5.41, 5.74) is 2.42. The zero-order valence-electron chi connectivity index (χ0n) is 20.6. The predicted molar refractivity (Wildman–Crippen MR) is 134 cm³/mol. The number of aryl methyl sites for hydroxylation is 1. The average molecular weight is 508 g/mol. The van der Waals surface area contributed by atoms with Gasteiger partial charge < -0.3 is 20.1 Å². The highest BCUT2D eigenvalue weighted by Gasteiger charge is 2.27. The number of carbonyl (C=O) groups is 3. The van der Waals surface area contributed by atoms with Gasteiger partial charge in [-0.25, -0.2) is 14.8 Å². The molecule has 2 aliphatic heterocycles. The molecule has 2 aromatic heterocycles. The molecule has 3 N–H and O–H groups in total. The molecule has 3 amide bonds. The number of ether oxygens (including phenoxy) is 2. The molecular formula is C25H29N7O5. The molecule has 0 bridgehead atoms. The van der Waals surface area contributed by atoms with E-state index in [1.807, 2.05) is 6.07 Å². The molecule has 1 atom stereocenters. The van der Waals surface area contributed by atoms with Crippen LogP contribution in [-0.4, -0.2) is 67.7 Å². The van der Waals surface area contributed by atoms with E-state index in [9.17, 15) is 19.6 Å².